The van der Waals surface area contributed by atoms with Gasteiger partial charge in [0, 0.05) is 25.1 Å². The molecule has 0 spiro atoms. The van der Waals surface area contributed by atoms with Crippen LogP contribution in [0, 0.1) is 0 Å². The highest BCUT2D eigenvalue weighted by molar-refractivity contribution is 6.35. The number of halogens is 1. The predicted octanol–water partition coefficient (Wildman–Crippen LogP) is 2.85. The van der Waals surface area contributed by atoms with Gasteiger partial charge < -0.3 is 9.67 Å². The Kier molecular flexibility index (Phi) is 2.88. The Morgan fingerprint density at radius 3 is 2.94 bits per heavy atom. The number of fused-ring (bicyclic) bond motifs is 1. The maximum absolute atomic E-state index is 10.6. The van der Waals surface area contributed by atoms with Gasteiger partial charge >= 0.3 is 5.97 Å². The van der Waals surface area contributed by atoms with Crippen LogP contribution in [0.2, 0.25) is 5.02 Å². The van der Waals surface area contributed by atoms with E-state index >= 15 is 0 Å². The summed E-state index contributed by atoms with van der Waals surface area (Å²) in [5, 5.41) is 10.4. The van der Waals surface area contributed by atoms with Crippen LogP contribution >= 0.6 is 11.6 Å². The molecule has 2 aromatic rings. The topological polar surface area (TPSA) is 42.2 Å². The van der Waals surface area contributed by atoms with Crippen molar-refractivity contribution in [1.82, 2.24) is 4.57 Å². The number of rotatable bonds is 3. The molecule has 0 amide bonds. The van der Waals surface area contributed by atoms with E-state index in [4.69, 9.17) is 16.7 Å². The fourth-order valence-electron chi connectivity index (χ4n) is 1.95. The molecule has 0 atom stereocenters. The van der Waals surface area contributed by atoms with Gasteiger partial charge in [-0.05, 0) is 12.0 Å². The van der Waals surface area contributed by atoms with Crippen LogP contribution < -0.4 is 0 Å². The first-order chi connectivity index (χ1) is 7.59. The minimum Gasteiger partial charge on any atom is -0.481 e. The minimum atomic E-state index is -0.780. The molecular formula is C12H12ClNO2. The van der Waals surface area contributed by atoms with Crippen molar-refractivity contribution in [3.05, 3.63) is 35.0 Å². The third-order valence-corrected chi connectivity index (χ3v) is 2.95. The van der Waals surface area contributed by atoms with E-state index in [2.05, 4.69) is 0 Å². The van der Waals surface area contributed by atoms with Crippen LogP contribution in [0.5, 0.6) is 0 Å². The first-order valence-electron chi connectivity index (χ1n) is 5.04. The van der Waals surface area contributed by atoms with Crippen molar-refractivity contribution in [3.8, 4) is 0 Å². The molecule has 2 rings (SSSR count). The molecule has 0 saturated heterocycles. The van der Waals surface area contributed by atoms with Gasteiger partial charge in [-0.3, -0.25) is 4.79 Å². The molecule has 0 aliphatic heterocycles. The molecule has 1 N–H and O–H groups in total. The summed E-state index contributed by atoms with van der Waals surface area (Å²) in [6.07, 6.45) is 2.51. The molecule has 3 nitrogen and oxygen atoms in total. The number of carboxylic acids is 1. The van der Waals surface area contributed by atoms with Gasteiger partial charge in [0.05, 0.1) is 10.5 Å². The highest BCUT2D eigenvalue weighted by Gasteiger charge is 2.09. The van der Waals surface area contributed by atoms with Gasteiger partial charge in [-0.15, -0.1) is 0 Å². The summed E-state index contributed by atoms with van der Waals surface area (Å²) in [7, 11) is 1.92. The van der Waals surface area contributed by atoms with Crippen LogP contribution in [0.15, 0.2) is 24.4 Å². The molecular weight excluding hydrogens is 226 g/mol. The van der Waals surface area contributed by atoms with E-state index in [1.54, 1.807) is 0 Å². The predicted molar refractivity (Wildman–Crippen MR) is 63.9 cm³/mol. The Bertz CT molecular complexity index is 545. The normalized spacial score (nSPS) is 10.9. The molecule has 0 aliphatic rings. The summed E-state index contributed by atoms with van der Waals surface area (Å²) >= 11 is 6.08. The van der Waals surface area contributed by atoms with Gasteiger partial charge in [-0.1, -0.05) is 29.8 Å². The van der Waals surface area contributed by atoms with Crippen LogP contribution in [-0.4, -0.2) is 15.6 Å². The summed E-state index contributed by atoms with van der Waals surface area (Å²) in [5.74, 6) is -0.780. The van der Waals surface area contributed by atoms with Crippen LogP contribution in [0.4, 0.5) is 0 Å². The molecule has 1 heterocycles. The van der Waals surface area contributed by atoms with E-state index in [1.165, 1.54) is 0 Å². The average Bonchev–Trinajstić information content (AvgIpc) is 2.52. The van der Waals surface area contributed by atoms with Crippen LogP contribution in [-0.2, 0) is 18.3 Å². The van der Waals surface area contributed by atoms with E-state index in [-0.39, 0.29) is 6.42 Å². The number of hydrogen-bond donors (Lipinski definition) is 1. The van der Waals surface area contributed by atoms with Crippen molar-refractivity contribution in [2.24, 2.45) is 7.05 Å². The van der Waals surface area contributed by atoms with E-state index in [0.29, 0.717) is 11.4 Å². The number of para-hydroxylation sites is 1. The van der Waals surface area contributed by atoms with Crippen molar-refractivity contribution in [2.75, 3.05) is 0 Å². The number of aryl methyl sites for hydroxylation is 2. The summed E-state index contributed by atoms with van der Waals surface area (Å²) in [5.41, 5.74) is 2.04. The molecule has 0 saturated carbocycles. The first-order valence-corrected chi connectivity index (χ1v) is 5.41. The average molecular weight is 238 g/mol. The van der Waals surface area contributed by atoms with Crippen molar-refractivity contribution in [2.45, 2.75) is 12.8 Å². The van der Waals surface area contributed by atoms with E-state index in [0.717, 1.165) is 16.5 Å². The standard InChI is InChI=1S/C12H12ClNO2/c1-14-7-10(13)9-4-2-3-8(12(9)14)5-6-11(15)16/h2-4,7H,5-6H2,1H3,(H,15,16). The second-order valence-corrected chi connectivity index (χ2v) is 4.20. The van der Waals surface area contributed by atoms with E-state index in [9.17, 15) is 4.79 Å². The largest absolute Gasteiger partial charge is 0.481 e. The minimum absolute atomic E-state index is 0.141. The van der Waals surface area contributed by atoms with E-state index < -0.39 is 5.97 Å². The molecule has 4 heteroatoms. The third-order valence-electron chi connectivity index (χ3n) is 2.64. The number of carboxylic acid groups (broad SMARTS) is 1. The monoisotopic (exact) mass is 237 g/mol. The summed E-state index contributed by atoms with van der Waals surface area (Å²) in [4.78, 5) is 10.6. The molecule has 84 valence electrons. The Labute approximate surface area is 98.3 Å². The number of aromatic nitrogens is 1. The third kappa shape index (κ3) is 1.91. The maximum Gasteiger partial charge on any atom is 0.303 e. The summed E-state index contributed by atoms with van der Waals surface area (Å²) in [6.45, 7) is 0. The molecule has 0 fully saturated rings. The lowest BCUT2D eigenvalue weighted by atomic mass is 10.1. The number of benzene rings is 1. The lowest BCUT2D eigenvalue weighted by molar-refractivity contribution is -0.136. The Morgan fingerprint density at radius 1 is 1.50 bits per heavy atom. The Balaban J connectivity index is 2.48. The number of hydrogen-bond acceptors (Lipinski definition) is 1. The maximum atomic E-state index is 10.6. The molecule has 1 aromatic heterocycles. The Morgan fingerprint density at radius 2 is 2.25 bits per heavy atom. The first kappa shape index (κ1) is 11.0. The fraction of sp³-hybridized carbons (Fsp3) is 0.250. The number of aliphatic carboxylic acids is 1. The van der Waals surface area contributed by atoms with Gasteiger partial charge in [-0.2, -0.15) is 0 Å². The van der Waals surface area contributed by atoms with Crippen molar-refractivity contribution in [3.63, 3.8) is 0 Å². The molecule has 1 aromatic carbocycles. The molecule has 16 heavy (non-hydrogen) atoms. The zero-order valence-corrected chi connectivity index (χ0v) is 9.66. The zero-order valence-electron chi connectivity index (χ0n) is 8.90. The quantitative estimate of drug-likeness (QED) is 0.892. The molecule has 0 aliphatic carbocycles. The van der Waals surface area contributed by atoms with Gasteiger partial charge in [-0.25, -0.2) is 0 Å². The van der Waals surface area contributed by atoms with Gasteiger partial charge in [0.1, 0.15) is 0 Å². The smallest absolute Gasteiger partial charge is 0.303 e. The molecule has 0 radical (unpaired) electrons. The van der Waals surface area contributed by atoms with Crippen molar-refractivity contribution < 1.29 is 9.90 Å². The Hall–Kier alpha value is -1.48. The second-order valence-electron chi connectivity index (χ2n) is 3.79. The van der Waals surface area contributed by atoms with Crippen molar-refractivity contribution in [1.29, 1.82) is 0 Å². The van der Waals surface area contributed by atoms with Crippen LogP contribution in [0.25, 0.3) is 10.9 Å². The fourth-order valence-corrected chi connectivity index (χ4v) is 2.25. The van der Waals surface area contributed by atoms with Gasteiger partial charge in [0.15, 0.2) is 0 Å². The highest BCUT2D eigenvalue weighted by atomic mass is 35.5. The molecule has 0 unspecified atom stereocenters. The summed E-state index contributed by atoms with van der Waals surface area (Å²) < 4.78 is 1.94. The lowest BCUT2D eigenvalue weighted by Gasteiger charge is -2.04. The van der Waals surface area contributed by atoms with Gasteiger partial charge in [0.25, 0.3) is 0 Å². The zero-order chi connectivity index (χ0) is 11.7. The van der Waals surface area contributed by atoms with E-state index in [1.807, 2.05) is 36.0 Å². The highest BCUT2D eigenvalue weighted by Crippen LogP contribution is 2.28. The van der Waals surface area contributed by atoms with Crippen molar-refractivity contribution >= 4 is 28.5 Å². The van der Waals surface area contributed by atoms with Crippen LogP contribution in [0.3, 0.4) is 0 Å². The molecule has 0 bridgehead atoms. The summed E-state index contributed by atoms with van der Waals surface area (Å²) in [6, 6.07) is 5.80. The SMILES string of the molecule is Cn1cc(Cl)c2cccc(CCC(=O)O)c21. The number of nitrogens with zero attached hydrogens (tertiary/aromatic N) is 1. The second kappa shape index (κ2) is 4.18. The van der Waals surface area contributed by atoms with Crippen LogP contribution in [0.1, 0.15) is 12.0 Å². The van der Waals surface area contributed by atoms with Gasteiger partial charge in [0.2, 0.25) is 0 Å². The number of carbonyl (C=O) groups is 1. The lowest BCUT2D eigenvalue weighted by Crippen LogP contribution is -1.99.